The SMILES string of the molecule is Cn1c2ccncc2c2ccc(N3CC4(CC([18F])C4)C3)nc21.Cn1c2ccncc2c2ccc(N3CCC([18F])CC3)nc21. The van der Waals surface area contributed by atoms with Crippen LogP contribution in [0, 0.1) is 5.41 Å². The third-order valence-electron chi connectivity index (χ3n) is 9.69. The number of fused-ring (bicyclic) bond motifs is 6. The lowest BCUT2D eigenvalue weighted by Crippen LogP contribution is -2.63. The molecule has 0 N–H and O–H groups in total. The van der Waals surface area contributed by atoms with Gasteiger partial charge in [0.2, 0.25) is 0 Å². The first-order chi connectivity index (χ1) is 20.9. The Morgan fingerprint density at radius 1 is 0.651 bits per heavy atom. The van der Waals surface area contributed by atoms with Gasteiger partial charge in [-0.05, 0) is 62.1 Å². The van der Waals surface area contributed by atoms with Crippen LogP contribution in [-0.2, 0) is 14.1 Å². The van der Waals surface area contributed by atoms with Gasteiger partial charge < -0.3 is 18.9 Å². The summed E-state index contributed by atoms with van der Waals surface area (Å²) in [5.74, 6) is 1.94. The van der Waals surface area contributed by atoms with E-state index < -0.39 is 12.3 Å². The quantitative estimate of drug-likeness (QED) is 0.247. The highest BCUT2D eigenvalue weighted by atomic mass is 18.2. The van der Waals surface area contributed by atoms with Gasteiger partial charge in [-0.1, -0.05) is 0 Å². The molecule has 1 spiro atoms. The summed E-state index contributed by atoms with van der Waals surface area (Å²) >= 11 is 0. The summed E-state index contributed by atoms with van der Waals surface area (Å²) in [4.78, 5) is 22.5. The van der Waals surface area contributed by atoms with Gasteiger partial charge in [0.1, 0.15) is 35.3 Å². The van der Waals surface area contributed by atoms with Crippen LogP contribution in [0.15, 0.2) is 61.2 Å². The molecule has 8 nitrogen and oxygen atoms in total. The zero-order valence-corrected chi connectivity index (χ0v) is 24.4. The summed E-state index contributed by atoms with van der Waals surface area (Å²) in [6.45, 7) is 3.37. The molecule has 0 bridgehead atoms. The molecule has 1 saturated carbocycles. The molecule has 220 valence electrons. The molecule has 43 heavy (non-hydrogen) atoms. The van der Waals surface area contributed by atoms with Crippen molar-refractivity contribution in [1.29, 1.82) is 0 Å². The smallest absolute Gasteiger partial charge is 0.143 e. The first-order valence-electron chi connectivity index (χ1n) is 15.1. The molecule has 6 aromatic heterocycles. The van der Waals surface area contributed by atoms with E-state index >= 15 is 0 Å². The summed E-state index contributed by atoms with van der Waals surface area (Å²) < 4.78 is 30.6. The summed E-state index contributed by atoms with van der Waals surface area (Å²) in [5, 5.41) is 4.51. The van der Waals surface area contributed by atoms with Crippen molar-refractivity contribution in [1.82, 2.24) is 29.1 Å². The van der Waals surface area contributed by atoms with Crippen molar-refractivity contribution < 1.29 is 8.78 Å². The van der Waals surface area contributed by atoms with Crippen molar-refractivity contribution in [3.8, 4) is 0 Å². The Morgan fingerprint density at radius 2 is 1.16 bits per heavy atom. The monoisotopic (exact) mass is 578 g/mol. The van der Waals surface area contributed by atoms with Gasteiger partial charge in [0.05, 0.1) is 11.0 Å². The Kier molecular flexibility index (Phi) is 6.03. The zero-order valence-electron chi connectivity index (χ0n) is 24.4. The highest BCUT2D eigenvalue weighted by molar-refractivity contribution is 6.07. The third-order valence-corrected chi connectivity index (χ3v) is 9.69. The number of piperidine rings is 1. The van der Waals surface area contributed by atoms with Gasteiger partial charge in [-0.25, -0.2) is 18.7 Å². The second kappa shape index (κ2) is 9.86. The molecule has 3 fully saturated rings. The van der Waals surface area contributed by atoms with Gasteiger partial charge in [-0.2, -0.15) is 0 Å². The van der Waals surface area contributed by atoms with Crippen molar-refractivity contribution >= 4 is 55.5 Å². The molecule has 0 unspecified atom stereocenters. The van der Waals surface area contributed by atoms with Gasteiger partial charge in [-0.3, -0.25) is 9.97 Å². The normalized spacial score (nSPS) is 18.8. The van der Waals surface area contributed by atoms with Gasteiger partial charge in [-0.15, -0.1) is 0 Å². The maximum Gasteiger partial charge on any atom is 0.143 e. The van der Waals surface area contributed by atoms with Crippen LogP contribution in [-0.4, -0.2) is 67.6 Å². The second-order valence-electron chi connectivity index (χ2n) is 12.5. The molecule has 10 heteroatoms. The van der Waals surface area contributed by atoms with E-state index in [1.165, 1.54) is 0 Å². The van der Waals surface area contributed by atoms with Crippen LogP contribution >= 0.6 is 0 Å². The number of hydrogen-bond acceptors (Lipinski definition) is 6. The molecule has 6 aromatic rings. The molecule has 0 amide bonds. The molecular formula is C33H34F2N8. The van der Waals surface area contributed by atoms with Crippen molar-refractivity contribution in [2.45, 2.75) is 38.0 Å². The number of pyridine rings is 4. The molecule has 2 aliphatic heterocycles. The lowest BCUT2D eigenvalue weighted by molar-refractivity contribution is 0.000468. The Balaban J connectivity index is 0.000000129. The molecule has 0 aromatic carbocycles. The molecule has 2 saturated heterocycles. The van der Waals surface area contributed by atoms with E-state index in [4.69, 9.17) is 9.97 Å². The average molecular weight is 579 g/mol. The van der Waals surface area contributed by atoms with Crippen LogP contribution in [0.5, 0.6) is 0 Å². The van der Waals surface area contributed by atoms with Crippen LogP contribution in [0.3, 0.4) is 0 Å². The van der Waals surface area contributed by atoms with Gasteiger partial charge in [0.25, 0.3) is 0 Å². The summed E-state index contributed by atoms with van der Waals surface area (Å²) in [7, 11) is 4.06. The second-order valence-corrected chi connectivity index (χ2v) is 12.5. The number of rotatable bonds is 2. The molecule has 0 radical (unpaired) electrons. The first-order valence-corrected chi connectivity index (χ1v) is 15.1. The average Bonchev–Trinajstić information content (AvgIpc) is 3.45. The van der Waals surface area contributed by atoms with Crippen LogP contribution < -0.4 is 9.80 Å². The van der Waals surface area contributed by atoms with E-state index in [1.54, 1.807) is 6.20 Å². The summed E-state index contributed by atoms with van der Waals surface area (Å²) in [6.07, 6.45) is 8.80. The van der Waals surface area contributed by atoms with E-state index in [0.29, 0.717) is 12.8 Å². The number of nitrogens with zero attached hydrogens (tertiary/aromatic N) is 8. The fraction of sp³-hybridized carbons (Fsp3) is 0.394. The highest BCUT2D eigenvalue weighted by Gasteiger charge is 2.53. The van der Waals surface area contributed by atoms with E-state index in [0.717, 1.165) is 94.5 Å². The molecule has 0 atom stereocenters. The topological polar surface area (TPSA) is 67.9 Å². The number of alkyl halides is 2. The van der Waals surface area contributed by atoms with Crippen LogP contribution in [0.25, 0.3) is 43.9 Å². The predicted octanol–water partition coefficient (Wildman–Crippen LogP) is 6.12. The van der Waals surface area contributed by atoms with E-state index in [-0.39, 0.29) is 5.41 Å². The number of hydrogen-bond donors (Lipinski definition) is 0. The van der Waals surface area contributed by atoms with Crippen molar-refractivity contribution in [2.24, 2.45) is 19.5 Å². The highest BCUT2D eigenvalue weighted by Crippen LogP contribution is 2.50. The lowest BCUT2D eigenvalue weighted by Gasteiger charge is -2.57. The minimum Gasteiger partial charge on any atom is -0.356 e. The zero-order chi connectivity index (χ0) is 29.3. The largest absolute Gasteiger partial charge is 0.356 e. The fourth-order valence-electron chi connectivity index (χ4n) is 7.30. The van der Waals surface area contributed by atoms with Crippen LogP contribution in [0.4, 0.5) is 20.4 Å². The Labute approximate surface area is 248 Å². The minimum atomic E-state index is -0.659. The molecule has 1 aliphatic carbocycles. The standard InChI is InChI=1S/C17H17FN4.C16H17FN4/c1-21-14-4-5-19-8-13(14)12-2-3-15(20-16(12)21)22-9-17(10-22)6-11(18)7-17;1-20-14-4-7-18-10-13(14)12-2-3-15(19-16(12)20)21-8-5-11(17)6-9-21/h2-5,8,11H,6-7,9-10H2,1H3;2-4,7,10-11H,5-6,8-9H2,1H3/i18-1;17-1. The fourth-order valence-corrected chi connectivity index (χ4v) is 7.30. The Morgan fingerprint density at radius 3 is 1.67 bits per heavy atom. The number of aryl methyl sites for hydroxylation is 2. The number of halogens is 2. The maximum absolute atomic E-state index is 13.3. The first kappa shape index (κ1) is 26.3. The molecule has 8 heterocycles. The third kappa shape index (κ3) is 4.29. The van der Waals surface area contributed by atoms with Gasteiger partial charge in [0, 0.05) is 92.0 Å². The van der Waals surface area contributed by atoms with Gasteiger partial charge >= 0.3 is 0 Å². The van der Waals surface area contributed by atoms with E-state index in [2.05, 4.69) is 47.1 Å². The molecule has 3 aliphatic rings. The van der Waals surface area contributed by atoms with Crippen molar-refractivity contribution in [3.63, 3.8) is 0 Å². The lowest BCUT2D eigenvalue weighted by atomic mass is 9.62. The van der Waals surface area contributed by atoms with E-state index in [9.17, 15) is 8.78 Å². The number of aromatic nitrogens is 6. The van der Waals surface area contributed by atoms with Gasteiger partial charge in [0.15, 0.2) is 0 Å². The Bertz CT molecular complexity index is 1980. The molecule has 9 rings (SSSR count). The summed E-state index contributed by atoms with van der Waals surface area (Å²) in [6, 6.07) is 12.4. The van der Waals surface area contributed by atoms with Crippen molar-refractivity contribution in [3.05, 3.63) is 61.2 Å². The predicted molar refractivity (Wildman–Crippen MR) is 167 cm³/mol. The maximum atomic E-state index is 13.3. The Hall–Kier alpha value is -4.34. The van der Waals surface area contributed by atoms with Crippen LogP contribution in [0.2, 0.25) is 0 Å². The number of anilines is 2. The summed E-state index contributed by atoms with van der Waals surface area (Å²) in [5.41, 5.74) is 4.45. The van der Waals surface area contributed by atoms with Crippen LogP contribution in [0.1, 0.15) is 25.7 Å². The molecular weight excluding hydrogens is 544 g/mol. The minimum absolute atomic E-state index is 0.235. The van der Waals surface area contributed by atoms with Crippen molar-refractivity contribution in [2.75, 3.05) is 36.0 Å². The van der Waals surface area contributed by atoms with E-state index in [1.807, 2.05) is 50.9 Å².